The highest BCUT2D eigenvalue weighted by atomic mass is 16.1. The number of amides is 1. The van der Waals surface area contributed by atoms with E-state index in [1.54, 1.807) is 0 Å². The van der Waals surface area contributed by atoms with Crippen molar-refractivity contribution in [1.82, 2.24) is 20.7 Å². The van der Waals surface area contributed by atoms with E-state index in [1.165, 1.54) is 38.3 Å². The number of nitrogens with one attached hydrogen (secondary N) is 2. The highest BCUT2D eigenvalue weighted by molar-refractivity contribution is 5.91. The van der Waals surface area contributed by atoms with Crippen molar-refractivity contribution in [3.05, 3.63) is 11.9 Å². The van der Waals surface area contributed by atoms with E-state index in [0.717, 1.165) is 6.54 Å². The van der Waals surface area contributed by atoms with Crippen LogP contribution in [-0.2, 0) is 0 Å². The minimum Gasteiger partial charge on any atom is -0.350 e. The first-order chi connectivity index (χ1) is 7.36. The molecule has 1 heterocycles. The molecule has 1 aromatic rings. The van der Waals surface area contributed by atoms with E-state index in [-0.39, 0.29) is 5.91 Å². The van der Waals surface area contributed by atoms with Crippen LogP contribution in [0.1, 0.15) is 42.6 Å². The largest absolute Gasteiger partial charge is 0.350 e. The second kappa shape index (κ2) is 4.91. The fraction of sp³-hybridized carbons (Fsp3) is 0.700. The van der Waals surface area contributed by atoms with E-state index in [1.807, 2.05) is 0 Å². The van der Waals surface area contributed by atoms with Gasteiger partial charge in [0, 0.05) is 6.54 Å². The molecule has 1 amide bonds. The van der Waals surface area contributed by atoms with Gasteiger partial charge in [0.05, 0.1) is 6.20 Å². The van der Waals surface area contributed by atoms with Gasteiger partial charge in [0.25, 0.3) is 5.91 Å². The normalized spacial score (nSPS) is 17.6. The number of hydrogen-bond donors (Lipinski definition) is 2. The average Bonchev–Trinajstić information content (AvgIpc) is 2.81. The van der Waals surface area contributed by atoms with E-state index in [0.29, 0.717) is 11.6 Å². The molecule has 0 radical (unpaired) electrons. The third-order valence-electron chi connectivity index (χ3n) is 2.92. The molecule has 1 aromatic heterocycles. The van der Waals surface area contributed by atoms with Crippen LogP contribution in [0.4, 0.5) is 0 Å². The first-order valence-electron chi connectivity index (χ1n) is 5.50. The number of aromatic nitrogens is 3. The van der Waals surface area contributed by atoms with Crippen molar-refractivity contribution in [1.29, 1.82) is 0 Å². The molecule has 0 atom stereocenters. The molecule has 1 fully saturated rings. The van der Waals surface area contributed by atoms with Crippen LogP contribution in [0.25, 0.3) is 0 Å². The molecular formula is C10H16N4O. The number of rotatable bonds is 3. The summed E-state index contributed by atoms with van der Waals surface area (Å²) < 4.78 is 0. The fourth-order valence-corrected chi connectivity index (χ4v) is 2.03. The molecule has 5 heteroatoms. The Morgan fingerprint density at radius 1 is 1.47 bits per heavy atom. The molecule has 0 aliphatic heterocycles. The Morgan fingerprint density at radius 2 is 2.27 bits per heavy atom. The SMILES string of the molecule is O=C(NCC1CCCCC1)c1cn[nH]n1. The molecule has 1 saturated carbocycles. The van der Waals surface area contributed by atoms with Gasteiger partial charge in [-0.15, -0.1) is 0 Å². The number of aromatic amines is 1. The van der Waals surface area contributed by atoms with Crippen LogP contribution in [0.15, 0.2) is 6.20 Å². The van der Waals surface area contributed by atoms with Gasteiger partial charge in [0.1, 0.15) is 0 Å². The first kappa shape index (κ1) is 10.1. The van der Waals surface area contributed by atoms with Crippen molar-refractivity contribution < 1.29 is 4.79 Å². The van der Waals surface area contributed by atoms with Crippen molar-refractivity contribution >= 4 is 5.91 Å². The lowest BCUT2D eigenvalue weighted by molar-refractivity contribution is 0.0938. The number of H-pyrrole nitrogens is 1. The molecule has 0 spiro atoms. The standard InChI is InChI=1S/C10H16N4O/c15-10(9-7-12-14-13-9)11-6-8-4-2-1-3-5-8/h7-8H,1-6H2,(H,11,15)(H,12,13,14). The molecule has 5 nitrogen and oxygen atoms in total. The zero-order valence-corrected chi connectivity index (χ0v) is 8.70. The van der Waals surface area contributed by atoms with E-state index in [2.05, 4.69) is 20.7 Å². The van der Waals surface area contributed by atoms with Crippen molar-refractivity contribution in [3.8, 4) is 0 Å². The van der Waals surface area contributed by atoms with Crippen molar-refractivity contribution in [2.24, 2.45) is 5.92 Å². The quantitative estimate of drug-likeness (QED) is 0.781. The van der Waals surface area contributed by atoms with Crippen molar-refractivity contribution in [2.75, 3.05) is 6.54 Å². The summed E-state index contributed by atoms with van der Waals surface area (Å²) in [5, 5.41) is 12.7. The second-order valence-corrected chi connectivity index (χ2v) is 4.07. The maximum absolute atomic E-state index is 11.5. The molecule has 1 aliphatic rings. The highest BCUT2D eigenvalue weighted by Crippen LogP contribution is 2.22. The van der Waals surface area contributed by atoms with Gasteiger partial charge in [-0.05, 0) is 18.8 Å². The van der Waals surface area contributed by atoms with Crippen molar-refractivity contribution in [3.63, 3.8) is 0 Å². The zero-order chi connectivity index (χ0) is 10.5. The van der Waals surface area contributed by atoms with Crippen LogP contribution in [-0.4, -0.2) is 27.9 Å². The number of carbonyl (C=O) groups excluding carboxylic acids is 1. The molecule has 2 rings (SSSR count). The molecular weight excluding hydrogens is 192 g/mol. The Bertz CT molecular complexity index is 303. The molecule has 2 N–H and O–H groups in total. The van der Waals surface area contributed by atoms with Gasteiger partial charge in [-0.1, -0.05) is 19.3 Å². The predicted molar refractivity (Wildman–Crippen MR) is 55.3 cm³/mol. The van der Waals surface area contributed by atoms with Gasteiger partial charge in [0.2, 0.25) is 0 Å². The Morgan fingerprint density at radius 3 is 2.93 bits per heavy atom. The first-order valence-corrected chi connectivity index (χ1v) is 5.50. The van der Waals surface area contributed by atoms with Gasteiger partial charge in [-0.2, -0.15) is 15.4 Å². The predicted octanol–water partition coefficient (Wildman–Crippen LogP) is 1.11. The smallest absolute Gasteiger partial charge is 0.273 e. The fourth-order valence-electron chi connectivity index (χ4n) is 2.03. The molecule has 0 aromatic carbocycles. The third-order valence-corrected chi connectivity index (χ3v) is 2.92. The van der Waals surface area contributed by atoms with Crippen LogP contribution in [0, 0.1) is 5.92 Å². The minimum atomic E-state index is -0.130. The van der Waals surface area contributed by atoms with Gasteiger partial charge in [-0.3, -0.25) is 4.79 Å². The van der Waals surface area contributed by atoms with E-state index >= 15 is 0 Å². The van der Waals surface area contributed by atoms with Crippen LogP contribution in [0.5, 0.6) is 0 Å². The molecule has 15 heavy (non-hydrogen) atoms. The minimum absolute atomic E-state index is 0.130. The number of nitrogens with zero attached hydrogens (tertiary/aromatic N) is 2. The van der Waals surface area contributed by atoms with E-state index < -0.39 is 0 Å². The summed E-state index contributed by atoms with van der Waals surface area (Å²) in [6.45, 7) is 0.770. The Labute approximate surface area is 88.6 Å². The van der Waals surface area contributed by atoms with Crippen LogP contribution in [0.2, 0.25) is 0 Å². The maximum atomic E-state index is 11.5. The Hall–Kier alpha value is -1.39. The average molecular weight is 208 g/mol. The maximum Gasteiger partial charge on any atom is 0.273 e. The van der Waals surface area contributed by atoms with Gasteiger partial charge < -0.3 is 5.32 Å². The molecule has 0 saturated heterocycles. The lowest BCUT2D eigenvalue weighted by Gasteiger charge is -2.21. The van der Waals surface area contributed by atoms with Gasteiger partial charge in [-0.25, -0.2) is 0 Å². The Kier molecular flexibility index (Phi) is 3.32. The monoisotopic (exact) mass is 208 g/mol. The summed E-state index contributed by atoms with van der Waals surface area (Å²) in [5.74, 6) is 0.518. The third kappa shape index (κ3) is 2.78. The van der Waals surface area contributed by atoms with Crippen LogP contribution >= 0.6 is 0 Å². The van der Waals surface area contributed by atoms with Gasteiger partial charge in [0.15, 0.2) is 5.69 Å². The Balaban J connectivity index is 1.75. The topological polar surface area (TPSA) is 70.7 Å². The summed E-state index contributed by atoms with van der Waals surface area (Å²) in [7, 11) is 0. The molecule has 0 bridgehead atoms. The number of carbonyl (C=O) groups is 1. The van der Waals surface area contributed by atoms with Gasteiger partial charge >= 0.3 is 0 Å². The summed E-state index contributed by atoms with van der Waals surface area (Å²) in [4.78, 5) is 11.5. The lowest BCUT2D eigenvalue weighted by Crippen LogP contribution is -2.30. The summed E-state index contributed by atoms with van der Waals surface area (Å²) in [6, 6.07) is 0. The van der Waals surface area contributed by atoms with E-state index in [9.17, 15) is 4.79 Å². The molecule has 0 unspecified atom stereocenters. The summed E-state index contributed by atoms with van der Waals surface area (Å²) in [5.41, 5.74) is 0.366. The zero-order valence-electron chi connectivity index (χ0n) is 8.70. The van der Waals surface area contributed by atoms with Crippen LogP contribution < -0.4 is 5.32 Å². The number of hydrogen-bond acceptors (Lipinski definition) is 3. The highest BCUT2D eigenvalue weighted by Gasteiger charge is 2.15. The second-order valence-electron chi connectivity index (χ2n) is 4.07. The molecule has 82 valence electrons. The van der Waals surface area contributed by atoms with Crippen LogP contribution in [0.3, 0.4) is 0 Å². The van der Waals surface area contributed by atoms with Crippen molar-refractivity contribution in [2.45, 2.75) is 32.1 Å². The van der Waals surface area contributed by atoms with E-state index in [4.69, 9.17) is 0 Å². The summed E-state index contributed by atoms with van der Waals surface area (Å²) in [6.07, 6.45) is 7.84. The molecule has 1 aliphatic carbocycles. The lowest BCUT2D eigenvalue weighted by atomic mass is 9.89. The summed E-state index contributed by atoms with van der Waals surface area (Å²) >= 11 is 0.